The third kappa shape index (κ3) is 3.21. The molecular formula is C18H20N4O4. The van der Waals surface area contributed by atoms with E-state index < -0.39 is 29.8 Å². The molecule has 0 unspecified atom stereocenters. The van der Waals surface area contributed by atoms with Crippen molar-refractivity contribution in [3.8, 4) is 6.07 Å². The van der Waals surface area contributed by atoms with Crippen LogP contribution in [-0.2, 0) is 4.74 Å². The van der Waals surface area contributed by atoms with E-state index in [1.54, 1.807) is 20.8 Å². The van der Waals surface area contributed by atoms with Gasteiger partial charge in [0, 0.05) is 16.5 Å². The van der Waals surface area contributed by atoms with Gasteiger partial charge >= 0.3 is 12.1 Å². The number of aliphatic hydroxyl groups excluding tert-OH is 1. The number of ether oxygens (including phenoxy) is 1. The maximum Gasteiger partial charge on any atom is 0.415 e. The molecule has 1 aliphatic rings. The van der Waals surface area contributed by atoms with Gasteiger partial charge in [-0.1, -0.05) is 18.2 Å². The minimum Gasteiger partial charge on any atom is -0.443 e. The molecule has 0 spiro atoms. The summed E-state index contributed by atoms with van der Waals surface area (Å²) < 4.78 is 5.08. The molecule has 0 bridgehead atoms. The number of nitriles is 1. The molecule has 2 atom stereocenters. The summed E-state index contributed by atoms with van der Waals surface area (Å²) in [4.78, 5) is 28.6. The number of urea groups is 1. The molecule has 3 N–H and O–H groups in total. The Balaban J connectivity index is 1.85. The van der Waals surface area contributed by atoms with Crippen molar-refractivity contribution >= 4 is 23.0 Å². The third-order valence-electron chi connectivity index (χ3n) is 4.11. The number of H-pyrrole nitrogens is 1. The molecule has 0 aliphatic carbocycles. The molecule has 2 heterocycles. The Hall–Kier alpha value is -3.05. The minimum atomic E-state index is -0.857. The number of nitrogens with zero attached hydrogens (tertiary/aromatic N) is 2. The van der Waals surface area contributed by atoms with Gasteiger partial charge in [-0.15, -0.1) is 0 Å². The predicted octanol–water partition coefficient (Wildman–Crippen LogP) is 2.40. The van der Waals surface area contributed by atoms with Gasteiger partial charge in [-0.25, -0.2) is 14.9 Å². The lowest BCUT2D eigenvalue weighted by Crippen LogP contribution is -2.39. The number of alkyl carbamates (subject to hydrolysis) is 1. The number of fused-ring (bicyclic) bond motifs is 1. The molecule has 8 heteroatoms. The molecule has 1 fully saturated rings. The summed E-state index contributed by atoms with van der Waals surface area (Å²) in [5.74, 6) is 0. The third-order valence-corrected chi connectivity index (χ3v) is 4.11. The van der Waals surface area contributed by atoms with Crippen molar-refractivity contribution in [1.29, 1.82) is 5.26 Å². The maximum absolute atomic E-state index is 12.4. The highest BCUT2D eigenvalue weighted by Crippen LogP contribution is 2.46. The molecule has 1 saturated heterocycles. The molecule has 0 saturated carbocycles. The number of hydrogen-bond acceptors (Lipinski definition) is 5. The standard InChI is InChI=1S/C18H20N4O4/c1-18(2,3)26-17(25)21-16(24)22-13(9-23)15(22)14-10-6-4-5-7-11(10)20-12(14)8-19/h4-7,13,15,20,23H,9H2,1-3H3,(H,21,24,25)/t13-,15-,22?/m1/s1. The summed E-state index contributed by atoms with van der Waals surface area (Å²) in [6.45, 7) is 4.80. The van der Waals surface area contributed by atoms with Crippen molar-refractivity contribution in [2.45, 2.75) is 38.5 Å². The van der Waals surface area contributed by atoms with E-state index in [-0.39, 0.29) is 6.61 Å². The van der Waals surface area contributed by atoms with Crippen molar-refractivity contribution in [2.75, 3.05) is 6.61 Å². The van der Waals surface area contributed by atoms with Crippen LogP contribution in [-0.4, -0.2) is 45.4 Å². The zero-order valence-corrected chi connectivity index (χ0v) is 14.7. The van der Waals surface area contributed by atoms with Gasteiger partial charge in [0.05, 0.1) is 18.7 Å². The molecule has 1 aromatic heterocycles. The number of carbonyl (C=O) groups excluding carboxylic acids is 2. The van der Waals surface area contributed by atoms with E-state index in [2.05, 4.69) is 16.4 Å². The zero-order valence-electron chi connectivity index (χ0n) is 14.7. The van der Waals surface area contributed by atoms with Crippen LogP contribution < -0.4 is 5.32 Å². The Bertz CT molecular complexity index is 906. The van der Waals surface area contributed by atoms with Crippen molar-refractivity contribution in [3.05, 3.63) is 35.5 Å². The van der Waals surface area contributed by atoms with Gasteiger partial charge in [0.25, 0.3) is 0 Å². The van der Waals surface area contributed by atoms with Gasteiger partial charge in [-0.2, -0.15) is 5.26 Å². The molecule has 1 aromatic carbocycles. The lowest BCUT2D eigenvalue weighted by molar-refractivity contribution is 0.0541. The quantitative estimate of drug-likeness (QED) is 0.714. The van der Waals surface area contributed by atoms with Crippen molar-refractivity contribution < 1.29 is 19.4 Å². The number of hydrogen-bond donors (Lipinski definition) is 3. The summed E-state index contributed by atoms with van der Waals surface area (Å²) in [7, 11) is 0. The van der Waals surface area contributed by atoms with Crippen LogP contribution in [0.2, 0.25) is 0 Å². The maximum atomic E-state index is 12.4. The van der Waals surface area contributed by atoms with E-state index in [0.29, 0.717) is 11.3 Å². The molecule has 1 aliphatic heterocycles. The number of para-hydroxylation sites is 1. The average molecular weight is 356 g/mol. The summed E-state index contributed by atoms with van der Waals surface area (Å²) in [6, 6.07) is 7.78. The SMILES string of the molecule is CC(C)(C)OC(=O)NC(=O)N1[C@H](CO)[C@@H]1c1c(C#N)[nH]c2ccccc12. The second-order valence-electron chi connectivity index (χ2n) is 7.11. The Morgan fingerprint density at radius 2 is 2.08 bits per heavy atom. The molecule has 3 amide bonds. The second-order valence-corrected chi connectivity index (χ2v) is 7.11. The van der Waals surface area contributed by atoms with E-state index >= 15 is 0 Å². The highest BCUT2D eigenvalue weighted by atomic mass is 16.6. The van der Waals surface area contributed by atoms with Crippen molar-refractivity contribution in [1.82, 2.24) is 15.2 Å². The summed E-state index contributed by atoms with van der Waals surface area (Å²) in [5.41, 5.74) is 1.02. The van der Waals surface area contributed by atoms with Gasteiger partial charge in [0.15, 0.2) is 0 Å². The first-order valence-electron chi connectivity index (χ1n) is 8.20. The fourth-order valence-corrected chi connectivity index (χ4v) is 3.09. The molecular weight excluding hydrogens is 336 g/mol. The van der Waals surface area contributed by atoms with Gasteiger partial charge in [0.2, 0.25) is 0 Å². The van der Waals surface area contributed by atoms with E-state index in [0.717, 1.165) is 10.9 Å². The van der Waals surface area contributed by atoms with Crippen LogP contribution in [0.5, 0.6) is 0 Å². The molecule has 3 rings (SSSR count). The predicted molar refractivity (Wildman–Crippen MR) is 93.2 cm³/mol. The number of amides is 3. The lowest BCUT2D eigenvalue weighted by Gasteiger charge is -2.19. The number of benzene rings is 1. The normalized spacial score (nSPS) is 19.1. The van der Waals surface area contributed by atoms with Gasteiger partial charge in [-0.3, -0.25) is 0 Å². The van der Waals surface area contributed by atoms with Gasteiger partial charge in [-0.05, 0) is 26.8 Å². The van der Waals surface area contributed by atoms with Crippen LogP contribution in [0.4, 0.5) is 9.59 Å². The first-order chi connectivity index (χ1) is 12.3. The van der Waals surface area contributed by atoms with Crippen LogP contribution in [0.25, 0.3) is 10.9 Å². The lowest BCUT2D eigenvalue weighted by atomic mass is 10.1. The van der Waals surface area contributed by atoms with Crippen molar-refractivity contribution in [2.24, 2.45) is 0 Å². The Morgan fingerprint density at radius 1 is 1.38 bits per heavy atom. The first-order valence-corrected chi connectivity index (χ1v) is 8.20. The number of aromatic amines is 1. The Morgan fingerprint density at radius 3 is 2.69 bits per heavy atom. The Kier molecular flexibility index (Phi) is 4.34. The second kappa shape index (κ2) is 6.35. The number of imide groups is 1. The topological polar surface area (TPSA) is 118 Å². The smallest absolute Gasteiger partial charge is 0.415 e. The fraction of sp³-hybridized carbons (Fsp3) is 0.389. The van der Waals surface area contributed by atoms with E-state index in [1.165, 1.54) is 4.90 Å². The molecule has 2 aromatic rings. The van der Waals surface area contributed by atoms with E-state index in [4.69, 9.17) is 4.74 Å². The molecule has 8 nitrogen and oxygen atoms in total. The average Bonchev–Trinajstić information content (AvgIpc) is 3.16. The summed E-state index contributed by atoms with van der Waals surface area (Å²) >= 11 is 0. The first kappa shape index (κ1) is 17.8. The van der Waals surface area contributed by atoms with Crippen LogP contribution in [0.3, 0.4) is 0 Å². The number of nitrogens with one attached hydrogen (secondary N) is 2. The van der Waals surface area contributed by atoms with Gasteiger partial charge in [0.1, 0.15) is 17.4 Å². The molecule has 26 heavy (non-hydrogen) atoms. The largest absolute Gasteiger partial charge is 0.443 e. The number of rotatable bonds is 2. The highest BCUT2D eigenvalue weighted by Gasteiger charge is 2.54. The minimum absolute atomic E-state index is 0.281. The zero-order chi connectivity index (χ0) is 19.1. The molecule has 136 valence electrons. The summed E-state index contributed by atoms with van der Waals surface area (Å²) in [6.07, 6.45) is -0.857. The van der Waals surface area contributed by atoms with E-state index in [1.807, 2.05) is 24.3 Å². The monoisotopic (exact) mass is 356 g/mol. The van der Waals surface area contributed by atoms with Crippen LogP contribution >= 0.6 is 0 Å². The fourth-order valence-electron chi connectivity index (χ4n) is 3.09. The number of aliphatic hydroxyl groups is 1. The van der Waals surface area contributed by atoms with Crippen LogP contribution in [0.15, 0.2) is 24.3 Å². The number of carbonyl (C=O) groups is 2. The van der Waals surface area contributed by atoms with Crippen LogP contribution in [0, 0.1) is 11.3 Å². The van der Waals surface area contributed by atoms with E-state index in [9.17, 15) is 20.0 Å². The van der Waals surface area contributed by atoms with Crippen molar-refractivity contribution in [3.63, 3.8) is 0 Å². The molecule has 0 radical (unpaired) electrons. The summed E-state index contributed by atoms with van der Waals surface area (Å²) in [5, 5.41) is 22.0. The van der Waals surface area contributed by atoms with Crippen LogP contribution in [0.1, 0.15) is 38.1 Å². The number of aromatic nitrogens is 1. The Labute approximate surface area is 150 Å². The van der Waals surface area contributed by atoms with Gasteiger partial charge < -0.3 is 19.7 Å². The highest BCUT2D eigenvalue weighted by molar-refractivity contribution is 5.94.